The van der Waals surface area contributed by atoms with Gasteiger partial charge in [0.1, 0.15) is 0 Å². The Morgan fingerprint density at radius 2 is 1.05 bits per heavy atom. The molecule has 0 saturated heterocycles. The van der Waals surface area contributed by atoms with Crippen molar-refractivity contribution in [1.82, 2.24) is 19.9 Å². The van der Waals surface area contributed by atoms with Crippen LogP contribution < -0.4 is 0 Å². The Bertz CT molecular complexity index is 1720. The maximum atomic E-state index is 11.6. The average molecular weight is 567 g/mol. The number of hydrogen-bond acceptors (Lipinski definition) is 4. The molecule has 2 aliphatic rings. The number of aromatic nitrogens is 4. The van der Waals surface area contributed by atoms with Crippen molar-refractivity contribution in [3.63, 3.8) is 0 Å². The van der Waals surface area contributed by atoms with Crippen LogP contribution in [-0.4, -0.2) is 42.1 Å². The van der Waals surface area contributed by atoms with E-state index in [1.54, 1.807) is 0 Å². The van der Waals surface area contributed by atoms with Gasteiger partial charge in [0.05, 0.1) is 33.8 Å². The average Bonchev–Trinajstić information content (AvgIpc) is 3.63. The molecule has 8 nitrogen and oxygen atoms in total. The minimum absolute atomic E-state index is 0.0349. The molecule has 3 aromatic heterocycles. The van der Waals surface area contributed by atoms with E-state index in [-0.39, 0.29) is 12.8 Å². The van der Waals surface area contributed by atoms with Gasteiger partial charge in [-0.15, -0.1) is 0 Å². The number of fused-ring (bicyclic) bond motifs is 10. The van der Waals surface area contributed by atoms with Crippen LogP contribution in [0.5, 0.6) is 0 Å². The number of hydrogen-bond donors (Lipinski definition) is 4. The van der Waals surface area contributed by atoms with Crippen LogP contribution in [0.4, 0.5) is 0 Å². The number of carbonyl (C=O) groups is 2. The number of carboxylic acid groups (broad SMARTS) is 2. The summed E-state index contributed by atoms with van der Waals surface area (Å²) in [4.78, 5) is 40.5. The predicted octanol–water partition coefficient (Wildman–Crippen LogP) is 7.65. The van der Waals surface area contributed by atoms with Crippen LogP contribution in [-0.2, 0) is 22.4 Å². The molecular formula is C34H38N4O4. The first kappa shape index (κ1) is 29.0. The van der Waals surface area contributed by atoms with Crippen LogP contribution in [0, 0.1) is 13.8 Å². The SMILES string of the molecule is CCc1c(C)c2[nH]c1ccc1nc(c3nc(ccc4[nH]c2c(C)c4CC)C(C)=C3CCC(=O)O)C(CCC(=O)O)=C1C. The van der Waals surface area contributed by atoms with E-state index in [4.69, 9.17) is 9.97 Å². The Hall–Kier alpha value is -4.46. The summed E-state index contributed by atoms with van der Waals surface area (Å²) in [5.41, 5.74) is 15.3. The van der Waals surface area contributed by atoms with Crippen LogP contribution in [0.25, 0.3) is 44.4 Å². The Labute approximate surface area is 245 Å². The number of allylic oxidation sites excluding steroid dienone is 4. The Kier molecular flexibility index (Phi) is 7.91. The van der Waals surface area contributed by atoms with Crippen molar-refractivity contribution in [1.29, 1.82) is 0 Å². The standard InChI is InChI=1S/C34H38N4O4/c1-7-21-19(5)31-32-20(6)22(8-2)28(38-32)14-12-26-18(4)24(10-16-30(41)42)34(36-26)33-23(9-15-29(39)40)17(3)25(35-33)11-13-27(21)37-31/h11-14,37-38H,7-10,15-16H2,1-6H3,(H,39,40)(H,41,42). The first-order chi connectivity index (χ1) is 20.0. The summed E-state index contributed by atoms with van der Waals surface area (Å²) in [6.45, 7) is 12.6. The molecule has 0 amide bonds. The van der Waals surface area contributed by atoms with Gasteiger partial charge in [-0.2, -0.15) is 0 Å². The number of H-pyrrole nitrogens is 2. The van der Waals surface area contributed by atoms with Gasteiger partial charge in [0.25, 0.3) is 0 Å². The highest BCUT2D eigenvalue weighted by molar-refractivity contribution is 6.00. The van der Waals surface area contributed by atoms with Crippen LogP contribution in [0.2, 0.25) is 0 Å². The van der Waals surface area contributed by atoms with Crippen LogP contribution in [0.3, 0.4) is 0 Å². The maximum Gasteiger partial charge on any atom is 0.303 e. The molecule has 0 aromatic carbocycles. The minimum atomic E-state index is -0.882. The lowest BCUT2D eigenvalue weighted by molar-refractivity contribution is -0.137. The summed E-state index contributed by atoms with van der Waals surface area (Å²) in [6.07, 6.45) is 2.28. The molecule has 2 aliphatic heterocycles. The highest BCUT2D eigenvalue weighted by Crippen LogP contribution is 2.41. The van der Waals surface area contributed by atoms with Crippen molar-refractivity contribution in [3.05, 3.63) is 69.3 Å². The van der Waals surface area contributed by atoms with Crippen LogP contribution >= 0.6 is 0 Å². The molecule has 5 heterocycles. The second kappa shape index (κ2) is 11.4. The molecular weight excluding hydrogens is 528 g/mol. The molecule has 4 N–H and O–H groups in total. The third-order valence-electron chi connectivity index (χ3n) is 8.71. The fraction of sp³-hybridized carbons (Fsp3) is 0.353. The number of carboxylic acids is 2. The third-order valence-corrected chi connectivity index (χ3v) is 8.71. The topological polar surface area (TPSA) is 132 Å². The highest BCUT2D eigenvalue weighted by Gasteiger charge is 2.27. The van der Waals surface area contributed by atoms with Gasteiger partial charge in [-0.1, -0.05) is 13.8 Å². The molecule has 0 aliphatic carbocycles. The van der Waals surface area contributed by atoms with Crippen LogP contribution in [0.15, 0.2) is 24.3 Å². The molecule has 218 valence electrons. The quantitative estimate of drug-likeness (QED) is 0.221. The summed E-state index contributed by atoms with van der Waals surface area (Å²) in [5.74, 6) is -1.76. The molecule has 0 atom stereocenters. The summed E-state index contributed by atoms with van der Waals surface area (Å²) < 4.78 is 0. The number of aromatic amines is 2. The van der Waals surface area contributed by atoms with E-state index in [1.807, 2.05) is 26.0 Å². The van der Waals surface area contributed by atoms with Gasteiger partial charge in [-0.05, 0) is 122 Å². The van der Waals surface area contributed by atoms with E-state index >= 15 is 0 Å². The van der Waals surface area contributed by atoms with E-state index in [0.717, 1.165) is 68.6 Å². The zero-order chi connectivity index (χ0) is 30.3. The first-order valence-corrected chi connectivity index (χ1v) is 14.6. The fourth-order valence-electron chi connectivity index (χ4n) is 6.33. The smallest absolute Gasteiger partial charge is 0.303 e. The summed E-state index contributed by atoms with van der Waals surface area (Å²) in [5, 5.41) is 19.0. The largest absolute Gasteiger partial charge is 0.481 e. The zero-order valence-electron chi connectivity index (χ0n) is 25.2. The maximum absolute atomic E-state index is 11.6. The Morgan fingerprint density at radius 3 is 1.38 bits per heavy atom. The lowest BCUT2D eigenvalue weighted by Gasteiger charge is -2.08. The van der Waals surface area contributed by atoms with Gasteiger partial charge in [-0.25, -0.2) is 9.97 Å². The van der Waals surface area contributed by atoms with Gasteiger partial charge in [-0.3, -0.25) is 9.59 Å². The number of nitrogens with zero attached hydrogens (tertiary/aromatic N) is 2. The van der Waals surface area contributed by atoms with E-state index in [0.29, 0.717) is 24.2 Å². The van der Waals surface area contributed by atoms with Crippen molar-refractivity contribution in [2.75, 3.05) is 0 Å². The predicted molar refractivity (Wildman–Crippen MR) is 168 cm³/mol. The lowest BCUT2D eigenvalue weighted by Crippen LogP contribution is -2.00. The Morgan fingerprint density at radius 1 is 0.667 bits per heavy atom. The molecule has 0 fully saturated rings. The third kappa shape index (κ3) is 5.06. The Balaban J connectivity index is 1.92. The number of aliphatic carboxylic acids is 2. The number of aryl methyl sites for hydroxylation is 4. The van der Waals surface area contributed by atoms with Crippen molar-refractivity contribution in [3.8, 4) is 0 Å². The molecule has 0 radical (unpaired) electrons. The van der Waals surface area contributed by atoms with Crippen molar-refractivity contribution in [2.24, 2.45) is 0 Å². The van der Waals surface area contributed by atoms with Crippen molar-refractivity contribution >= 4 is 56.3 Å². The minimum Gasteiger partial charge on any atom is -0.481 e. The number of rotatable bonds is 8. The van der Waals surface area contributed by atoms with E-state index < -0.39 is 11.9 Å². The van der Waals surface area contributed by atoms with E-state index in [1.165, 1.54) is 22.3 Å². The molecule has 8 heteroatoms. The molecule has 0 unspecified atom stereocenters. The monoisotopic (exact) mass is 566 g/mol. The second-order valence-corrected chi connectivity index (χ2v) is 11.1. The molecule has 42 heavy (non-hydrogen) atoms. The van der Waals surface area contributed by atoms with E-state index in [2.05, 4.69) is 49.8 Å². The van der Waals surface area contributed by atoms with Crippen molar-refractivity contribution < 1.29 is 19.8 Å². The van der Waals surface area contributed by atoms with Gasteiger partial charge >= 0.3 is 11.9 Å². The van der Waals surface area contributed by atoms with Gasteiger partial charge < -0.3 is 20.2 Å². The summed E-state index contributed by atoms with van der Waals surface area (Å²) in [7, 11) is 0. The zero-order valence-corrected chi connectivity index (χ0v) is 25.2. The molecule has 0 saturated carbocycles. The lowest BCUT2D eigenvalue weighted by atomic mass is 9.95. The van der Waals surface area contributed by atoms with Gasteiger partial charge in [0.2, 0.25) is 0 Å². The normalized spacial score (nSPS) is 13.3. The molecule has 5 rings (SSSR count). The second-order valence-electron chi connectivity index (χ2n) is 11.1. The molecule has 3 aromatic rings. The van der Waals surface area contributed by atoms with Gasteiger partial charge in [0.15, 0.2) is 0 Å². The van der Waals surface area contributed by atoms with Crippen molar-refractivity contribution in [2.45, 2.75) is 80.1 Å². The fourth-order valence-corrected chi connectivity index (χ4v) is 6.33. The summed E-state index contributed by atoms with van der Waals surface area (Å²) in [6, 6.07) is 8.09. The molecule has 8 bridgehead atoms. The molecule has 0 spiro atoms. The first-order valence-electron chi connectivity index (χ1n) is 14.6. The van der Waals surface area contributed by atoms with Gasteiger partial charge in [0, 0.05) is 23.9 Å². The highest BCUT2D eigenvalue weighted by atomic mass is 16.4. The van der Waals surface area contributed by atoms with E-state index in [9.17, 15) is 19.8 Å². The summed E-state index contributed by atoms with van der Waals surface area (Å²) >= 11 is 0. The number of nitrogens with one attached hydrogen (secondary N) is 2. The van der Waals surface area contributed by atoms with Crippen LogP contribution in [0.1, 0.15) is 98.4 Å².